The van der Waals surface area contributed by atoms with Gasteiger partial charge >= 0.3 is 0 Å². The van der Waals surface area contributed by atoms with Gasteiger partial charge in [0.25, 0.3) is 5.91 Å². The third kappa shape index (κ3) is 3.57. The molecule has 6 heteroatoms. The number of benzene rings is 1. The Morgan fingerprint density at radius 3 is 3.00 bits per heavy atom. The molecule has 1 aromatic carbocycles. The minimum absolute atomic E-state index is 0.0531. The van der Waals surface area contributed by atoms with Crippen LogP contribution in [0.15, 0.2) is 35.4 Å². The fourth-order valence-electron chi connectivity index (χ4n) is 3.08. The van der Waals surface area contributed by atoms with E-state index in [4.69, 9.17) is 23.8 Å². The van der Waals surface area contributed by atoms with Gasteiger partial charge in [-0.3, -0.25) is 9.69 Å². The van der Waals surface area contributed by atoms with Crippen LogP contribution in [0.3, 0.4) is 0 Å². The molecule has 0 bridgehead atoms. The first-order chi connectivity index (χ1) is 11.1. The molecule has 2 fully saturated rings. The number of thiocarbonyl (C=S) groups is 1. The molecule has 2 aliphatic rings. The zero-order valence-corrected chi connectivity index (χ0v) is 15.4. The van der Waals surface area contributed by atoms with Crippen LogP contribution in [0.25, 0.3) is 0 Å². The number of anilines is 1. The number of thioether (sulfide) groups is 1. The summed E-state index contributed by atoms with van der Waals surface area (Å²) in [5.41, 5.74) is 0.731. The number of amides is 1. The second kappa shape index (κ2) is 7.24. The van der Waals surface area contributed by atoms with Crippen molar-refractivity contribution in [2.75, 3.05) is 11.4 Å². The normalized spacial score (nSPS) is 23.9. The van der Waals surface area contributed by atoms with Crippen LogP contribution in [0.1, 0.15) is 32.6 Å². The molecule has 2 aliphatic heterocycles. The van der Waals surface area contributed by atoms with Crippen LogP contribution in [0, 0.1) is 0 Å². The summed E-state index contributed by atoms with van der Waals surface area (Å²) in [6.07, 6.45) is 6.76. The maximum Gasteiger partial charge on any atom is 0.272 e. The van der Waals surface area contributed by atoms with Crippen LogP contribution in [0.4, 0.5) is 5.69 Å². The predicted molar refractivity (Wildman–Crippen MR) is 102 cm³/mol. The van der Waals surface area contributed by atoms with Gasteiger partial charge in [-0.25, -0.2) is 0 Å². The molecule has 0 radical (unpaired) electrons. The molecular formula is C17H19ClN2OS2. The Labute approximate surface area is 151 Å². The Bertz CT molecular complexity index is 662. The molecule has 0 aromatic heterocycles. The quantitative estimate of drug-likeness (QED) is 0.565. The predicted octanol–water partition coefficient (Wildman–Crippen LogP) is 4.81. The van der Waals surface area contributed by atoms with Crippen LogP contribution in [-0.4, -0.2) is 27.7 Å². The van der Waals surface area contributed by atoms with E-state index >= 15 is 0 Å². The first kappa shape index (κ1) is 16.8. The molecule has 1 atom stereocenters. The lowest BCUT2D eigenvalue weighted by Gasteiger charge is -2.34. The number of likely N-dealkylation sites (tertiary alicyclic amines) is 1. The second-order valence-corrected chi connectivity index (χ2v) is 7.89. The molecule has 2 heterocycles. The van der Waals surface area contributed by atoms with Crippen molar-refractivity contribution in [2.24, 2.45) is 0 Å². The van der Waals surface area contributed by atoms with E-state index in [9.17, 15) is 4.79 Å². The maximum atomic E-state index is 12.8. The average Bonchev–Trinajstić information content (AvgIpc) is 2.82. The minimum atomic E-state index is -0.0531. The molecule has 0 spiro atoms. The van der Waals surface area contributed by atoms with E-state index in [0.29, 0.717) is 20.3 Å². The van der Waals surface area contributed by atoms with Crippen molar-refractivity contribution < 1.29 is 4.79 Å². The number of rotatable bonds is 3. The summed E-state index contributed by atoms with van der Waals surface area (Å²) in [6, 6.07) is 7.77. The molecule has 23 heavy (non-hydrogen) atoms. The molecular weight excluding hydrogens is 348 g/mol. The molecule has 0 unspecified atom stereocenters. The van der Waals surface area contributed by atoms with Crippen molar-refractivity contribution in [1.29, 1.82) is 0 Å². The van der Waals surface area contributed by atoms with E-state index in [-0.39, 0.29) is 5.91 Å². The highest BCUT2D eigenvalue weighted by molar-refractivity contribution is 8.27. The number of carbonyl (C=O) groups is 1. The van der Waals surface area contributed by atoms with Crippen molar-refractivity contribution in [1.82, 2.24) is 4.90 Å². The van der Waals surface area contributed by atoms with E-state index in [2.05, 4.69) is 11.8 Å². The Morgan fingerprint density at radius 1 is 1.43 bits per heavy atom. The summed E-state index contributed by atoms with van der Waals surface area (Å²) in [6.45, 7) is 3.22. The average molecular weight is 367 g/mol. The van der Waals surface area contributed by atoms with Gasteiger partial charge in [0.05, 0.1) is 10.6 Å². The fourth-order valence-corrected chi connectivity index (χ4v) is 4.55. The molecule has 3 rings (SSSR count). The Balaban J connectivity index is 1.84. The first-order valence-corrected chi connectivity index (χ1v) is 9.50. The zero-order chi connectivity index (χ0) is 16.4. The van der Waals surface area contributed by atoms with Crippen LogP contribution < -0.4 is 4.90 Å². The highest BCUT2D eigenvalue weighted by Crippen LogP contribution is 2.36. The number of halogens is 1. The molecule has 0 N–H and O–H groups in total. The summed E-state index contributed by atoms with van der Waals surface area (Å²) in [5.74, 6) is -0.0531. The van der Waals surface area contributed by atoms with Gasteiger partial charge in [-0.05, 0) is 43.9 Å². The van der Waals surface area contributed by atoms with Crippen LogP contribution in [-0.2, 0) is 4.79 Å². The van der Waals surface area contributed by atoms with Crippen molar-refractivity contribution in [3.8, 4) is 0 Å². The first-order valence-electron chi connectivity index (χ1n) is 7.89. The lowest BCUT2D eigenvalue weighted by atomic mass is 10.0. The summed E-state index contributed by atoms with van der Waals surface area (Å²) in [4.78, 5) is 17.4. The summed E-state index contributed by atoms with van der Waals surface area (Å²) in [5, 5.41) is 0.600. The van der Waals surface area contributed by atoms with Crippen molar-refractivity contribution in [3.05, 3.63) is 40.4 Å². The van der Waals surface area contributed by atoms with Crippen LogP contribution in [0.2, 0.25) is 5.02 Å². The fraction of sp³-hybridized carbons (Fsp3) is 0.412. The van der Waals surface area contributed by atoms with Gasteiger partial charge in [0, 0.05) is 23.8 Å². The number of piperidine rings is 1. The lowest BCUT2D eigenvalue weighted by Crippen LogP contribution is -2.35. The van der Waals surface area contributed by atoms with E-state index in [0.717, 1.165) is 18.7 Å². The largest absolute Gasteiger partial charge is 0.373 e. The van der Waals surface area contributed by atoms with E-state index in [1.807, 2.05) is 18.3 Å². The molecule has 2 saturated heterocycles. The van der Waals surface area contributed by atoms with Crippen molar-refractivity contribution in [3.63, 3.8) is 0 Å². The van der Waals surface area contributed by atoms with E-state index in [1.165, 1.54) is 31.0 Å². The van der Waals surface area contributed by atoms with Gasteiger partial charge in [0.2, 0.25) is 0 Å². The highest BCUT2D eigenvalue weighted by atomic mass is 35.5. The van der Waals surface area contributed by atoms with Gasteiger partial charge < -0.3 is 4.90 Å². The van der Waals surface area contributed by atoms with E-state index < -0.39 is 0 Å². The summed E-state index contributed by atoms with van der Waals surface area (Å²) >= 11 is 12.8. The van der Waals surface area contributed by atoms with Gasteiger partial charge in [0.15, 0.2) is 4.32 Å². The Morgan fingerprint density at radius 2 is 2.26 bits per heavy atom. The van der Waals surface area contributed by atoms with Gasteiger partial charge in [0.1, 0.15) is 0 Å². The third-order valence-electron chi connectivity index (χ3n) is 4.29. The Hall–Kier alpha value is -1.04. The smallest absolute Gasteiger partial charge is 0.272 e. The summed E-state index contributed by atoms with van der Waals surface area (Å²) in [7, 11) is 0. The van der Waals surface area contributed by atoms with Gasteiger partial charge in [-0.1, -0.05) is 48.6 Å². The van der Waals surface area contributed by atoms with Gasteiger partial charge in [-0.2, -0.15) is 0 Å². The molecule has 1 amide bonds. The standard InChI is InChI=1S/C17H19ClN2OS2/c1-2-13-7-3-4-9-19(13)11-15-16(21)20(17(22)23-15)14-8-5-6-12(18)10-14/h5-6,8,10-11,13H,2-4,7,9H2,1H3/b15-11-/t13-/m0/s1. The number of hydrogen-bond acceptors (Lipinski definition) is 4. The monoisotopic (exact) mass is 366 g/mol. The maximum absolute atomic E-state index is 12.8. The van der Waals surface area contributed by atoms with Crippen molar-refractivity contribution in [2.45, 2.75) is 38.6 Å². The molecule has 0 saturated carbocycles. The number of nitrogens with zero attached hydrogens (tertiary/aromatic N) is 2. The van der Waals surface area contributed by atoms with Crippen molar-refractivity contribution >= 4 is 51.5 Å². The van der Waals surface area contributed by atoms with Gasteiger partial charge in [-0.15, -0.1) is 0 Å². The molecule has 1 aromatic rings. The molecule has 0 aliphatic carbocycles. The molecule has 122 valence electrons. The Kier molecular flexibility index (Phi) is 5.29. The highest BCUT2D eigenvalue weighted by Gasteiger charge is 2.34. The zero-order valence-electron chi connectivity index (χ0n) is 13.0. The minimum Gasteiger partial charge on any atom is -0.373 e. The number of hydrogen-bond donors (Lipinski definition) is 0. The van der Waals surface area contributed by atoms with Crippen LogP contribution in [0.5, 0.6) is 0 Å². The third-order valence-corrected chi connectivity index (χ3v) is 5.81. The lowest BCUT2D eigenvalue weighted by molar-refractivity contribution is -0.113. The second-order valence-electron chi connectivity index (χ2n) is 5.78. The van der Waals surface area contributed by atoms with Crippen LogP contribution >= 0.6 is 35.6 Å². The summed E-state index contributed by atoms with van der Waals surface area (Å²) < 4.78 is 0.563. The topological polar surface area (TPSA) is 23.6 Å². The van der Waals surface area contributed by atoms with E-state index in [1.54, 1.807) is 17.0 Å². The molecule has 3 nitrogen and oxygen atoms in total. The number of carbonyl (C=O) groups excluding carboxylic acids is 1. The SMILES string of the molecule is CC[C@H]1CCCCN1/C=C1\SC(=S)N(c2cccc(Cl)c2)C1=O.